The number of rotatable bonds is 6. The molecule has 0 saturated carbocycles. The zero-order valence-corrected chi connectivity index (χ0v) is 17.0. The molecular weight excluding hydrogens is 395 g/mol. The fourth-order valence-electron chi connectivity index (χ4n) is 3.38. The Hall–Kier alpha value is -2.86. The number of phenols is 1. The van der Waals surface area contributed by atoms with Gasteiger partial charge in [-0.3, -0.25) is 14.2 Å². The molecular formula is C22H22ClFN2O3. The first kappa shape index (κ1) is 20.9. The van der Waals surface area contributed by atoms with Crippen molar-refractivity contribution < 1.29 is 19.1 Å². The summed E-state index contributed by atoms with van der Waals surface area (Å²) in [4.78, 5) is 25.5. The first-order valence-corrected chi connectivity index (χ1v) is 9.81. The van der Waals surface area contributed by atoms with Gasteiger partial charge >= 0.3 is 0 Å². The topological polar surface area (TPSA) is 71.3 Å². The van der Waals surface area contributed by atoms with Crippen LogP contribution < -0.4 is 5.32 Å². The predicted molar refractivity (Wildman–Crippen MR) is 111 cm³/mol. The van der Waals surface area contributed by atoms with Gasteiger partial charge in [0.2, 0.25) is 5.91 Å². The third-order valence-electron chi connectivity index (χ3n) is 4.88. The maximum atomic E-state index is 14.8. The highest BCUT2D eigenvalue weighted by Crippen LogP contribution is 2.33. The summed E-state index contributed by atoms with van der Waals surface area (Å²) in [5.41, 5.74) is 1.45. The van der Waals surface area contributed by atoms with Crippen LogP contribution >= 0.6 is 11.6 Å². The molecule has 0 saturated heterocycles. The van der Waals surface area contributed by atoms with Crippen molar-refractivity contribution in [2.45, 2.75) is 33.1 Å². The summed E-state index contributed by atoms with van der Waals surface area (Å²) in [6.07, 6.45) is 1.69. The number of phenolic OH excluding ortho intramolecular Hbond substituents is 1. The van der Waals surface area contributed by atoms with E-state index in [0.29, 0.717) is 33.9 Å². The van der Waals surface area contributed by atoms with Gasteiger partial charge in [-0.25, -0.2) is 4.39 Å². The van der Waals surface area contributed by atoms with Crippen LogP contribution in [-0.4, -0.2) is 28.0 Å². The molecule has 0 aliphatic rings. The van der Waals surface area contributed by atoms with Crippen LogP contribution in [0, 0.1) is 12.7 Å². The highest BCUT2D eigenvalue weighted by molar-refractivity contribution is 6.31. The van der Waals surface area contributed by atoms with E-state index in [1.807, 2.05) is 6.92 Å². The Morgan fingerprint density at radius 3 is 2.69 bits per heavy atom. The molecule has 0 unspecified atom stereocenters. The standard InChI is InChI=1S/C22H22ClFN2O3/c1-3-4-10-25-19(28)12-16-13(2)26(17-8-9-18(27)21(24)20(16)17)22(29)14-6-5-7-15(23)11-14/h5-9,11,27H,3-4,10,12H2,1-2H3,(H,25,28). The van der Waals surface area contributed by atoms with Gasteiger partial charge < -0.3 is 10.4 Å². The first-order chi connectivity index (χ1) is 13.8. The van der Waals surface area contributed by atoms with Crippen LogP contribution in [0.2, 0.25) is 5.02 Å². The minimum Gasteiger partial charge on any atom is -0.505 e. The van der Waals surface area contributed by atoms with Crippen molar-refractivity contribution in [1.29, 1.82) is 0 Å². The number of unbranched alkanes of at least 4 members (excludes halogenated alkanes) is 1. The Bertz CT molecular complexity index is 1090. The van der Waals surface area contributed by atoms with Crippen molar-refractivity contribution >= 4 is 34.3 Å². The fraction of sp³-hybridized carbons (Fsp3) is 0.273. The largest absolute Gasteiger partial charge is 0.505 e. The van der Waals surface area contributed by atoms with E-state index in [1.165, 1.54) is 22.8 Å². The Labute approximate surface area is 173 Å². The molecule has 3 rings (SSSR count). The number of nitrogens with zero attached hydrogens (tertiary/aromatic N) is 1. The number of hydrogen-bond acceptors (Lipinski definition) is 3. The van der Waals surface area contributed by atoms with Crippen molar-refractivity contribution in [2.75, 3.05) is 6.54 Å². The lowest BCUT2D eigenvalue weighted by molar-refractivity contribution is -0.120. The molecule has 1 heterocycles. The molecule has 3 aromatic rings. The number of aromatic nitrogens is 1. The minimum absolute atomic E-state index is 0.0727. The Kier molecular flexibility index (Phi) is 6.23. The zero-order valence-electron chi connectivity index (χ0n) is 16.3. The molecule has 0 radical (unpaired) electrons. The number of fused-ring (bicyclic) bond motifs is 1. The van der Waals surface area contributed by atoms with Gasteiger partial charge in [0.1, 0.15) is 0 Å². The van der Waals surface area contributed by atoms with Gasteiger partial charge in [0.15, 0.2) is 11.6 Å². The molecule has 2 aromatic carbocycles. The lowest BCUT2D eigenvalue weighted by Gasteiger charge is -2.08. The molecule has 0 aliphatic heterocycles. The molecule has 5 nitrogen and oxygen atoms in total. The summed E-state index contributed by atoms with van der Waals surface area (Å²) < 4.78 is 16.2. The van der Waals surface area contributed by atoms with Gasteiger partial charge in [0.25, 0.3) is 5.91 Å². The molecule has 0 fully saturated rings. The normalized spacial score (nSPS) is 11.0. The van der Waals surface area contributed by atoms with E-state index in [0.717, 1.165) is 12.8 Å². The van der Waals surface area contributed by atoms with Crippen LogP contribution in [0.1, 0.15) is 41.4 Å². The van der Waals surface area contributed by atoms with Crippen LogP contribution in [0.5, 0.6) is 5.75 Å². The van der Waals surface area contributed by atoms with E-state index < -0.39 is 17.5 Å². The smallest absolute Gasteiger partial charge is 0.262 e. The van der Waals surface area contributed by atoms with Gasteiger partial charge in [-0.15, -0.1) is 0 Å². The quantitative estimate of drug-likeness (QED) is 0.577. The number of nitrogens with one attached hydrogen (secondary N) is 1. The molecule has 7 heteroatoms. The molecule has 2 N–H and O–H groups in total. The maximum Gasteiger partial charge on any atom is 0.262 e. The van der Waals surface area contributed by atoms with Crippen LogP contribution in [0.25, 0.3) is 10.9 Å². The molecule has 0 atom stereocenters. The summed E-state index contributed by atoms with van der Waals surface area (Å²) in [6.45, 7) is 4.21. The van der Waals surface area contributed by atoms with Crippen molar-refractivity contribution in [3.8, 4) is 5.75 Å². The second-order valence-corrected chi connectivity index (χ2v) is 7.32. The van der Waals surface area contributed by atoms with E-state index in [9.17, 15) is 19.1 Å². The average molecular weight is 417 g/mol. The minimum atomic E-state index is -0.848. The molecule has 152 valence electrons. The lowest BCUT2D eigenvalue weighted by atomic mass is 10.1. The van der Waals surface area contributed by atoms with Crippen LogP contribution in [0.3, 0.4) is 0 Å². The van der Waals surface area contributed by atoms with Crippen LogP contribution in [0.15, 0.2) is 36.4 Å². The highest BCUT2D eigenvalue weighted by Gasteiger charge is 2.25. The van der Waals surface area contributed by atoms with Gasteiger partial charge in [0.05, 0.1) is 11.9 Å². The van der Waals surface area contributed by atoms with E-state index in [1.54, 1.807) is 25.1 Å². The molecule has 1 amide bonds. The fourth-order valence-corrected chi connectivity index (χ4v) is 3.57. The SMILES string of the molecule is CCCCNC(=O)Cc1c(C)n(C(=O)c2cccc(Cl)c2)c2ccc(O)c(F)c12. The second-order valence-electron chi connectivity index (χ2n) is 6.89. The van der Waals surface area contributed by atoms with Gasteiger partial charge in [0, 0.05) is 28.2 Å². The van der Waals surface area contributed by atoms with E-state index in [2.05, 4.69) is 5.32 Å². The predicted octanol–water partition coefficient (Wildman–Crippen LogP) is 4.60. The van der Waals surface area contributed by atoms with Crippen molar-refractivity contribution in [3.63, 3.8) is 0 Å². The molecule has 29 heavy (non-hydrogen) atoms. The Morgan fingerprint density at radius 2 is 2.00 bits per heavy atom. The number of aromatic hydroxyl groups is 1. The average Bonchev–Trinajstić information content (AvgIpc) is 2.96. The van der Waals surface area contributed by atoms with Gasteiger partial charge in [-0.1, -0.05) is 31.0 Å². The zero-order chi connectivity index (χ0) is 21.1. The Balaban J connectivity index is 2.12. The van der Waals surface area contributed by atoms with E-state index in [-0.39, 0.29) is 17.7 Å². The number of benzene rings is 2. The third-order valence-corrected chi connectivity index (χ3v) is 5.11. The maximum absolute atomic E-state index is 14.8. The van der Waals surface area contributed by atoms with Crippen LogP contribution in [0.4, 0.5) is 4.39 Å². The number of amides is 1. The van der Waals surface area contributed by atoms with Crippen molar-refractivity contribution in [2.24, 2.45) is 0 Å². The third kappa shape index (κ3) is 4.12. The summed E-state index contributed by atoms with van der Waals surface area (Å²) in [5.74, 6) is -2.03. The summed E-state index contributed by atoms with van der Waals surface area (Å²) in [6, 6.07) is 9.13. The molecule has 0 aliphatic carbocycles. The van der Waals surface area contributed by atoms with Crippen molar-refractivity contribution in [1.82, 2.24) is 9.88 Å². The molecule has 0 bridgehead atoms. The number of hydrogen-bond donors (Lipinski definition) is 2. The number of halogens is 2. The lowest BCUT2D eigenvalue weighted by Crippen LogP contribution is -2.26. The summed E-state index contributed by atoms with van der Waals surface area (Å²) >= 11 is 6.01. The number of carbonyl (C=O) groups excluding carboxylic acids is 2. The highest BCUT2D eigenvalue weighted by atomic mass is 35.5. The first-order valence-electron chi connectivity index (χ1n) is 9.43. The second kappa shape index (κ2) is 8.66. The molecule has 0 spiro atoms. The number of carbonyl (C=O) groups is 2. The summed E-state index contributed by atoms with van der Waals surface area (Å²) in [7, 11) is 0. The van der Waals surface area contributed by atoms with Crippen LogP contribution in [-0.2, 0) is 11.2 Å². The van der Waals surface area contributed by atoms with Gasteiger partial charge in [-0.05, 0) is 49.2 Å². The molecule has 1 aromatic heterocycles. The van der Waals surface area contributed by atoms with E-state index >= 15 is 0 Å². The monoisotopic (exact) mass is 416 g/mol. The van der Waals surface area contributed by atoms with Crippen molar-refractivity contribution in [3.05, 3.63) is 64.1 Å². The van der Waals surface area contributed by atoms with E-state index in [4.69, 9.17) is 11.6 Å². The Morgan fingerprint density at radius 1 is 1.24 bits per heavy atom. The summed E-state index contributed by atoms with van der Waals surface area (Å²) in [5, 5.41) is 13.1. The van der Waals surface area contributed by atoms with Gasteiger partial charge in [-0.2, -0.15) is 0 Å².